The molecule has 1 aromatic carbocycles. The standard InChI is InChI=1S/C14H22N2O2/c1-9-7-8-11(10(2)12(9)18-6)16-13(17)14(3,4)15-5/h7-8,15H,1-6H3,(H,16,17). The van der Waals surface area contributed by atoms with Crippen molar-refractivity contribution in [1.82, 2.24) is 5.32 Å². The van der Waals surface area contributed by atoms with Gasteiger partial charge in [0.15, 0.2) is 0 Å². The molecule has 0 bridgehead atoms. The van der Waals surface area contributed by atoms with E-state index in [1.165, 1.54) is 0 Å². The van der Waals surface area contributed by atoms with Crippen LogP contribution in [0.3, 0.4) is 0 Å². The van der Waals surface area contributed by atoms with Gasteiger partial charge in [0.25, 0.3) is 0 Å². The van der Waals surface area contributed by atoms with Crippen LogP contribution in [0.4, 0.5) is 5.69 Å². The maximum atomic E-state index is 12.1. The molecule has 0 unspecified atom stereocenters. The largest absolute Gasteiger partial charge is 0.496 e. The summed E-state index contributed by atoms with van der Waals surface area (Å²) in [7, 11) is 3.40. The van der Waals surface area contributed by atoms with E-state index in [1.807, 2.05) is 39.8 Å². The molecule has 0 saturated carbocycles. The highest BCUT2D eigenvalue weighted by Crippen LogP contribution is 2.29. The predicted molar refractivity (Wildman–Crippen MR) is 74.2 cm³/mol. The van der Waals surface area contributed by atoms with Crippen molar-refractivity contribution in [2.45, 2.75) is 33.2 Å². The van der Waals surface area contributed by atoms with E-state index in [1.54, 1.807) is 14.2 Å². The van der Waals surface area contributed by atoms with Crippen LogP contribution >= 0.6 is 0 Å². The highest BCUT2D eigenvalue weighted by molar-refractivity contribution is 5.98. The van der Waals surface area contributed by atoms with E-state index in [4.69, 9.17) is 4.74 Å². The Bertz CT molecular complexity index is 453. The lowest BCUT2D eigenvalue weighted by atomic mass is 10.0. The molecule has 4 heteroatoms. The van der Waals surface area contributed by atoms with Crippen molar-refractivity contribution in [2.75, 3.05) is 19.5 Å². The van der Waals surface area contributed by atoms with Crippen molar-refractivity contribution in [3.05, 3.63) is 23.3 Å². The number of benzene rings is 1. The molecule has 0 aliphatic carbocycles. The molecule has 0 fully saturated rings. The predicted octanol–water partition coefficient (Wildman–Crippen LogP) is 2.25. The van der Waals surface area contributed by atoms with Crippen molar-refractivity contribution < 1.29 is 9.53 Å². The fourth-order valence-corrected chi connectivity index (χ4v) is 1.67. The van der Waals surface area contributed by atoms with Crippen LogP contribution in [0.2, 0.25) is 0 Å². The minimum atomic E-state index is -0.607. The lowest BCUT2D eigenvalue weighted by Gasteiger charge is -2.24. The maximum absolute atomic E-state index is 12.1. The third kappa shape index (κ3) is 2.82. The Morgan fingerprint density at radius 3 is 2.39 bits per heavy atom. The molecule has 0 heterocycles. The Balaban J connectivity index is 3.03. The van der Waals surface area contributed by atoms with Crippen LogP contribution in [0.1, 0.15) is 25.0 Å². The molecule has 0 spiro atoms. The van der Waals surface area contributed by atoms with Gasteiger partial charge in [-0.2, -0.15) is 0 Å². The number of aryl methyl sites for hydroxylation is 1. The van der Waals surface area contributed by atoms with Crippen LogP contribution < -0.4 is 15.4 Å². The molecule has 0 aromatic heterocycles. The Morgan fingerprint density at radius 2 is 1.89 bits per heavy atom. The first-order valence-electron chi connectivity index (χ1n) is 5.98. The molecule has 0 aliphatic heterocycles. The Labute approximate surface area is 109 Å². The van der Waals surface area contributed by atoms with Crippen LogP contribution in [0.5, 0.6) is 5.75 Å². The van der Waals surface area contributed by atoms with Crippen LogP contribution in [0.25, 0.3) is 0 Å². The van der Waals surface area contributed by atoms with Gasteiger partial charge in [0.05, 0.1) is 12.6 Å². The molecule has 2 N–H and O–H groups in total. The second-order valence-corrected chi connectivity index (χ2v) is 4.92. The number of ether oxygens (including phenoxy) is 1. The lowest BCUT2D eigenvalue weighted by molar-refractivity contribution is -0.121. The Hall–Kier alpha value is -1.55. The fraction of sp³-hybridized carbons (Fsp3) is 0.500. The van der Waals surface area contributed by atoms with Crippen molar-refractivity contribution in [2.24, 2.45) is 0 Å². The summed E-state index contributed by atoms with van der Waals surface area (Å²) >= 11 is 0. The number of methoxy groups -OCH3 is 1. The Kier molecular flexibility index (Phi) is 4.35. The number of carbonyl (C=O) groups is 1. The zero-order valence-electron chi connectivity index (χ0n) is 12.0. The molecular formula is C14H22N2O2. The molecule has 0 radical (unpaired) electrons. The number of rotatable bonds is 4. The number of nitrogens with one attached hydrogen (secondary N) is 2. The summed E-state index contributed by atoms with van der Waals surface area (Å²) in [5, 5.41) is 5.90. The zero-order valence-corrected chi connectivity index (χ0v) is 12.0. The lowest BCUT2D eigenvalue weighted by Crippen LogP contribution is -2.48. The SMILES string of the molecule is CNC(C)(C)C(=O)Nc1ccc(C)c(OC)c1C. The van der Waals surface area contributed by atoms with E-state index in [2.05, 4.69) is 10.6 Å². The second kappa shape index (κ2) is 5.40. The summed E-state index contributed by atoms with van der Waals surface area (Å²) in [5.74, 6) is 0.745. The molecule has 100 valence electrons. The molecule has 0 aliphatic rings. The smallest absolute Gasteiger partial charge is 0.244 e. The maximum Gasteiger partial charge on any atom is 0.244 e. The van der Waals surface area contributed by atoms with Gasteiger partial charge in [-0.1, -0.05) is 6.07 Å². The quantitative estimate of drug-likeness (QED) is 0.861. The highest BCUT2D eigenvalue weighted by Gasteiger charge is 2.25. The second-order valence-electron chi connectivity index (χ2n) is 4.92. The average Bonchev–Trinajstić information content (AvgIpc) is 2.33. The van der Waals surface area contributed by atoms with E-state index in [0.717, 1.165) is 22.6 Å². The van der Waals surface area contributed by atoms with Gasteiger partial charge >= 0.3 is 0 Å². The number of likely N-dealkylation sites (N-methyl/N-ethyl adjacent to an activating group) is 1. The van der Waals surface area contributed by atoms with Crippen LogP contribution in [-0.4, -0.2) is 25.6 Å². The van der Waals surface area contributed by atoms with Crippen LogP contribution in [0, 0.1) is 13.8 Å². The van der Waals surface area contributed by atoms with Crippen LogP contribution in [0.15, 0.2) is 12.1 Å². The molecular weight excluding hydrogens is 228 g/mol. The van der Waals surface area contributed by atoms with Crippen LogP contribution in [-0.2, 0) is 4.79 Å². The third-order valence-electron chi connectivity index (χ3n) is 3.25. The van der Waals surface area contributed by atoms with E-state index >= 15 is 0 Å². The summed E-state index contributed by atoms with van der Waals surface area (Å²) in [6.07, 6.45) is 0. The molecule has 0 atom stereocenters. The minimum Gasteiger partial charge on any atom is -0.496 e. The first kappa shape index (κ1) is 14.5. The third-order valence-corrected chi connectivity index (χ3v) is 3.25. The number of carbonyl (C=O) groups excluding carboxylic acids is 1. The molecule has 18 heavy (non-hydrogen) atoms. The summed E-state index contributed by atoms with van der Waals surface area (Å²) < 4.78 is 5.34. The first-order chi connectivity index (χ1) is 8.33. The molecule has 1 rings (SSSR count). The van der Waals surface area contributed by atoms with Gasteiger partial charge in [0, 0.05) is 11.3 Å². The summed E-state index contributed by atoms with van der Waals surface area (Å²) in [6, 6.07) is 3.84. The number of anilines is 1. The molecule has 1 amide bonds. The molecule has 0 saturated heterocycles. The van der Waals surface area contributed by atoms with Crippen molar-refractivity contribution >= 4 is 11.6 Å². The summed E-state index contributed by atoms with van der Waals surface area (Å²) in [6.45, 7) is 7.59. The van der Waals surface area contributed by atoms with Gasteiger partial charge in [-0.25, -0.2) is 0 Å². The number of hydrogen-bond donors (Lipinski definition) is 2. The topological polar surface area (TPSA) is 50.4 Å². The van der Waals surface area contributed by atoms with Crippen molar-refractivity contribution in [3.63, 3.8) is 0 Å². The Morgan fingerprint density at radius 1 is 1.28 bits per heavy atom. The number of amides is 1. The highest BCUT2D eigenvalue weighted by atomic mass is 16.5. The van der Waals surface area contributed by atoms with Gasteiger partial charge < -0.3 is 15.4 Å². The summed E-state index contributed by atoms with van der Waals surface area (Å²) in [4.78, 5) is 12.1. The van der Waals surface area contributed by atoms with Gasteiger partial charge in [0.2, 0.25) is 5.91 Å². The average molecular weight is 250 g/mol. The molecule has 4 nitrogen and oxygen atoms in total. The first-order valence-corrected chi connectivity index (χ1v) is 5.98. The van der Waals surface area contributed by atoms with E-state index in [9.17, 15) is 4.79 Å². The van der Waals surface area contributed by atoms with Gasteiger partial charge in [-0.3, -0.25) is 4.79 Å². The summed E-state index contributed by atoms with van der Waals surface area (Å²) in [5.41, 5.74) is 2.18. The van der Waals surface area contributed by atoms with E-state index < -0.39 is 5.54 Å². The minimum absolute atomic E-state index is 0.0704. The molecule has 1 aromatic rings. The van der Waals surface area contributed by atoms with Gasteiger partial charge in [0.1, 0.15) is 5.75 Å². The van der Waals surface area contributed by atoms with Gasteiger partial charge in [-0.15, -0.1) is 0 Å². The zero-order chi connectivity index (χ0) is 13.9. The normalized spacial score (nSPS) is 11.2. The van der Waals surface area contributed by atoms with Crippen molar-refractivity contribution in [3.8, 4) is 5.75 Å². The van der Waals surface area contributed by atoms with E-state index in [0.29, 0.717) is 0 Å². The van der Waals surface area contributed by atoms with E-state index in [-0.39, 0.29) is 5.91 Å². The monoisotopic (exact) mass is 250 g/mol. The van der Waals surface area contributed by atoms with Gasteiger partial charge in [-0.05, 0) is 46.4 Å². The fourth-order valence-electron chi connectivity index (χ4n) is 1.67. The number of hydrogen-bond acceptors (Lipinski definition) is 3. The van der Waals surface area contributed by atoms with Crippen molar-refractivity contribution in [1.29, 1.82) is 0 Å².